The van der Waals surface area contributed by atoms with Gasteiger partial charge in [-0.25, -0.2) is 10.1 Å². The SMILES string of the molecule is COc1ccc(OC)c(/C=N\NC(=O)c2nnn(-c3nonc3N)c2CSc2ccccc2)c1. The van der Waals surface area contributed by atoms with Crippen molar-refractivity contribution < 1.29 is 18.9 Å². The molecular formula is C21H20N8O4S. The first-order chi connectivity index (χ1) is 16.6. The van der Waals surface area contributed by atoms with Crippen molar-refractivity contribution in [3.05, 3.63) is 65.5 Å². The standard InChI is InChI=1S/C21H20N8O4S/c1-31-14-8-9-17(32-2)13(10-14)11-23-25-21(30)18-16(12-34-15-6-4-3-5-7-15)29(28-24-18)20-19(22)26-33-27-20/h3-11H,12H2,1-2H3,(H2,22,26)(H,25,30)/b23-11-. The Labute approximate surface area is 198 Å². The molecule has 0 saturated heterocycles. The van der Waals surface area contributed by atoms with E-state index in [1.165, 1.54) is 29.8 Å². The predicted octanol–water partition coefficient (Wildman–Crippen LogP) is 2.31. The number of hydrogen-bond donors (Lipinski definition) is 2. The summed E-state index contributed by atoms with van der Waals surface area (Å²) in [5.74, 6) is 1.13. The molecule has 34 heavy (non-hydrogen) atoms. The molecule has 0 saturated carbocycles. The van der Waals surface area contributed by atoms with Crippen LogP contribution in [0.2, 0.25) is 0 Å². The molecule has 0 bridgehead atoms. The zero-order valence-corrected chi connectivity index (χ0v) is 19.0. The van der Waals surface area contributed by atoms with Crippen molar-refractivity contribution in [2.24, 2.45) is 5.10 Å². The fourth-order valence-electron chi connectivity index (χ4n) is 2.94. The number of benzene rings is 2. The van der Waals surface area contributed by atoms with Crippen LogP contribution in [0, 0.1) is 0 Å². The highest BCUT2D eigenvalue weighted by molar-refractivity contribution is 7.98. The number of carbonyl (C=O) groups excluding carboxylic acids is 1. The Morgan fingerprint density at radius 2 is 2.03 bits per heavy atom. The third kappa shape index (κ3) is 4.99. The molecule has 0 spiro atoms. The van der Waals surface area contributed by atoms with Gasteiger partial charge in [0.05, 0.1) is 26.1 Å². The van der Waals surface area contributed by atoms with Crippen LogP contribution in [0.1, 0.15) is 21.7 Å². The number of hydrazone groups is 1. The summed E-state index contributed by atoms with van der Waals surface area (Å²) in [6.45, 7) is 0. The number of nitrogens with zero attached hydrogens (tertiary/aromatic N) is 6. The number of thioether (sulfide) groups is 1. The molecule has 174 valence electrons. The molecule has 0 fully saturated rings. The van der Waals surface area contributed by atoms with Crippen molar-refractivity contribution in [3.8, 4) is 17.3 Å². The van der Waals surface area contributed by atoms with Crippen LogP contribution in [0.4, 0.5) is 5.82 Å². The molecule has 3 N–H and O–H groups in total. The fourth-order valence-corrected chi connectivity index (χ4v) is 3.85. The Hall–Kier alpha value is -4.39. The maximum atomic E-state index is 12.9. The molecule has 0 atom stereocenters. The maximum absolute atomic E-state index is 12.9. The number of ether oxygens (including phenoxy) is 2. The highest BCUT2D eigenvalue weighted by Crippen LogP contribution is 2.26. The van der Waals surface area contributed by atoms with E-state index in [-0.39, 0.29) is 17.3 Å². The van der Waals surface area contributed by atoms with Gasteiger partial charge in [0.2, 0.25) is 11.6 Å². The first kappa shape index (κ1) is 22.8. The molecule has 12 nitrogen and oxygen atoms in total. The van der Waals surface area contributed by atoms with Crippen LogP contribution in [-0.4, -0.2) is 51.6 Å². The smallest absolute Gasteiger partial charge is 0.293 e. The molecule has 0 aliphatic rings. The van der Waals surface area contributed by atoms with Gasteiger partial charge in [-0.2, -0.15) is 9.78 Å². The van der Waals surface area contributed by atoms with Gasteiger partial charge in [-0.3, -0.25) is 4.79 Å². The number of anilines is 1. The van der Waals surface area contributed by atoms with Gasteiger partial charge in [-0.1, -0.05) is 23.4 Å². The van der Waals surface area contributed by atoms with E-state index in [9.17, 15) is 4.79 Å². The van der Waals surface area contributed by atoms with E-state index in [0.717, 1.165) is 4.90 Å². The van der Waals surface area contributed by atoms with E-state index >= 15 is 0 Å². The third-order valence-electron chi connectivity index (χ3n) is 4.60. The summed E-state index contributed by atoms with van der Waals surface area (Å²) in [6.07, 6.45) is 1.45. The number of amides is 1. The van der Waals surface area contributed by atoms with E-state index < -0.39 is 5.91 Å². The number of aromatic nitrogens is 5. The Balaban J connectivity index is 1.58. The number of nitrogens with one attached hydrogen (secondary N) is 1. The molecule has 2 heterocycles. The average Bonchev–Trinajstić information content (AvgIpc) is 3.48. The Kier molecular flexibility index (Phi) is 7.03. The summed E-state index contributed by atoms with van der Waals surface area (Å²) in [4.78, 5) is 13.9. The lowest BCUT2D eigenvalue weighted by Crippen LogP contribution is -2.20. The van der Waals surface area contributed by atoms with Crippen LogP contribution in [0.25, 0.3) is 5.82 Å². The Morgan fingerprint density at radius 1 is 1.21 bits per heavy atom. The molecule has 1 amide bonds. The normalized spacial score (nSPS) is 11.0. The molecular weight excluding hydrogens is 460 g/mol. The molecule has 0 radical (unpaired) electrons. The summed E-state index contributed by atoms with van der Waals surface area (Å²) in [5.41, 5.74) is 9.41. The van der Waals surface area contributed by atoms with Crippen molar-refractivity contribution in [1.29, 1.82) is 0 Å². The summed E-state index contributed by atoms with van der Waals surface area (Å²) in [5, 5.41) is 19.4. The minimum atomic E-state index is -0.567. The zero-order chi connectivity index (χ0) is 23.9. The maximum Gasteiger partial charge on any atom is 0.293 e. The largest absolute Gasteiger partial charge is 0.497 e. The lowest BCUT2D eigenvalue weighted by Gasteiger charge is -2.07. The zero-order valence-electron chi connectivity index (χ0n) is 18.2. The van der Waals surface area contributed by atoms with Gasteiger partial charge >= 0.3 is 0 Å². The Morgan fingerprint density at radius 3 is 2.74 bits per heavy atom. The second kappa shape index (κ2) is 10.5. The molecule has 4 rings (SSSR count). The Bertz CT molecular complexity index is 1310. The average molecular weight is 481 g/mol. The highest BCUT2D eigenvalue weighted by Gasteiger charge is 2.24. The van der Waals surface area contributed by atoms with Crippen LogP contribution in [-0.2, 0) is 5.75 Å². The van der Waals surface area contributed by atoms with Crippen LogP contribution in [0.3, 0.4) is 0 Å². The van der Waals surface area contributed by atoms with Crippen molar-refractivity contribution in [2.75, 3.05) is 20.0 Å². The van der Waals surface area contributed by atoms with Gasteiger partial charge in [0.1, 0.15) is 11.5 Å². The third-order valence-corrected chi connectivity index (χ3v) is 5.62. The summed E-state index contributed by atoms with van der Waals surface area (Å²) in [6, 6.07) is 14.9. The number of nitrogen functional groups attached to an aromatic ring is 1. The number of nitrogens with two attached hydrogens (primary N) is 1. The molecule has 2 aromatic carbocycles. The van der Waals surface area contributed by atoms with Crippen molar-refractivity contribution >= 4 is 29.7 Å². The van der Waals surface area contributed by atoms with Gasteiger partial charge in [-0.05, 0) is 40.6 Å². The minimum Gasteiger partial charge on any atom is -0.497 e. The van der Waals surface area contributed by atoms with E-state index in [1.807, 2.05) is 30.3 Å². The molecule has 0 aliphatic carbocycles. The number of rotatable bonds is 9. The quantitative estimate of drug-likeness (QED) is 0.207. The number of methoxy groups -OCH3 is 2. The van der Waals surface area contributed by atoms with E-state index in [0.29, 0.717) is 28.5 Å². The first-order valence-corrected chi connectivity index (χ1v) is 10.9. The number of carbonyl (C=O) groups is 1. The first-order valence-electron chi connectivity index (χ1n) is 9.87. The minimum absolute atomic E-state index is 0.0194. The predicted molar refractivity (Wildman–Crippen MR) is 124 cm³/mol. The fraction of sp³-hybridized carbons (Fsp3) is 0.143. The summed E-state index contributed by atoms with van der Waals surface area (Å²) in [7, 11) is 3.09. The van der Waals surface area contributed by atoms with Gasteiger partial charge in [0.25, 0.3) is 5.91 Å². The summed E-state index contributed by atoms with van der Waals surface area (Å²) >= 11 is 1.49. The summed E-state index contributed by atoms with van der Waals surface area (Å²) < 4.78 is 16.5. The van der Waals surface area contributed by atoms with Crippen molar-refractivity contribution in [1.82, 2.24) is 30.7 Å². The topological polar surface area (TPSA) is 156 Å². The van der Waals surface area contributed by atoms with Gasteiger partial charge in [0, 0.05) is 16.2 Å². The second-order valence-electron chi connectivity index (χ2n) is 6.68. The number of hydrogen-bond acceptors (Lipinski definition) is 11. The monoisotopic (exact) mass is 480 g/mol. The lowest BCUT2D eigenvalue weighted by atomic mass is 10.2. The van der Waals surface area contributed by atoms with E-state index in [2.05, 4.69) is 35.8 Å². The van der Waals surface area contributed by atoms with Gasteiger partial charge in [0.15, 0.2) is 5.69 Å². The second-order valence-corrected chi connectivity index (χ2v) is 7.73. The molecule has 0 aliphatic heterocycles. The molecule has 13 heteroatoms. The van der Waals surface area contributed by atoms with Crippen LogP contribution in [0.5, 0.6) is 11.5 Å². The molecule has 2 aromatic heterocycles. The van der Waals surface area contributed by atoms with Crippen LogP contribution in [0.15, 0.2) is 63.2 Å². The van der Waals surface area contributed by atoms with E-state index in [4.69, 9.17) is 15.2 Å². The van der Waals surface area contributed by atoms with Gasteiger partial charge in [-0.15, -0.1) is 16.9 Å². The van der Waals surface area contributed by atoms with Crippen molar-refractivity contribution in [3.63, 3.8) is 0 Å². The highest BCUT2D eigenvalue weighted by atomic mass is 32.2. The van der Waals surface area contributed by atoms with Crippen LogP contribution < -0.4 is 20.6 Å². The van der Waals surface area contributed by atoms with Gasteiger partial charge < -0.3 is 15.2 Å². The molecule has 4 aromatic rings. The lowest BCUT2D eigenvalue weighted by molar-refractivity contribution is 0.0949. The van der Waals surface area contributed by atoms with Crippen molar-refractivity contribution in [2.45, 2.75) is 10.6 Å². The van der Waals surface area contributed by atoms with Crippen LogP contribution >= 0.6 is 11.8 Å². The molecule has 0 unspecified atom stereocenters. The van der Waals surface area contributed by atoms with E-state index in [1.54, 1.807) is 25.3 Å².